The molecule has 1 aromatic heterocycles. The van der Waals surface area contributed by atoms with Gasteiger partial charge >= 0.3 is 6.18 Å². The van der Waals surface area contributed by atoms with Gasteiger partial charge in [-0.3, -0.25) is 0 Å². The molecule has 3 nitrogen and oxygen atoms in total. The van der Waals surface area contributed by atoms with Gasteiger partial charge in [-0.1, -0.05) is 0 Å². The minimum atomic E-state index is -4.33. The first-order valence-electron chi connectivity index (χ1n) is 5.91. The van der Waals surface area contributed by atoms with Crippen molar-refractivity contribution in [2.24, 2.45) is 0 Å². The second-order valence-corrected chi connectivity index (χ2v) is 4.71. The molecule has 0 amide bonds. The van der Waals surface area contributed by atoms with Crippen molar-refractivity contribution in [1.29, 1.82) is 0 Å². The maximum Gasteiger partial charge on any atom is 0.417 e. The van der Waals surface area contributed by atoms with Crippen LogP contribution in [-0.2, 0) is 6.18 Å². The van der Waals surface area contributed by atoms with Gasteiger partial charge in [-0.05, 0) is 26.0 Å². The lowest BCUT2D eigenvalue weighted by Crippen LogP contribution is -2.54. The third-order valence-electron chi connectivity index (χ3n) is 3.13. The van der Waals surface area contributed by atoms with E-state index in [0.29, 0.717) is 11.9 Å². The van der Waals surface area contributed by atoms with E-state index in [0.717, 1.165) is 25.4 Å². The van der Waals surface area contributed by atoms with E-state index in [1.54, 1.807) is 0 Å². The fraction of sp³-hybridized carbons (Fsp3) is 0.583. The Morgan fingerprint density at radius 3 is 2.61 bits per heavy atom. The summed E-state index contributed by atoms with van der Waals surface area (Å²) in [5.74, 6) is 0.601. The first-order chi connectivity index (χ1) is 8.38. The minimum absolute atomic E-state index is 0.227. The predicted octanol–water partition coefficient (Wildman–Crippen LogP) is 2.29. The van der Waals surface area contributed by atoms with E-state index in [2.05, 4.69) is 10.3 Å². The van der Waals surface area contributed by atoms with Crippen LogP contribution in [0.5, 0.6) is 0 Å². The number of alkyl halides is 3. The lowest BCUT2D eigenvalue weighted by Gasteiger charge is -2.38. The van der Waals surface area contributed by atoms with Crippen LogP contribution in [-0.4, -0.2) is 30.2 Å². The zero-order chi connectivity index (χ0) is 13.3. The second kappa shape index (κ2) is 4.76. The molecule has 0 aromatic carbocycles. The molecule has 2 unspecified atom stereocenters. The number of hydrogen-bond donors (Lipinski definition) is 1. The number of anilines is 1. The number of aromatic nitrogens is 1. The molecular weight excluding hydrogens is 243 g/mol. The molecule has 0 radical (unpaired) electrons. The van der Waals surface area contributed by atoms with Gasteiger partial charge in [0.25, 0.3) is 0 Å². The molecule has 0 aliphatic carbocycles. The van der Waals surface area contributed by atoms with Crippen LogP contribution >= 0.6 is 0 Å². The zero-order valence-electron chi connectivity index (χ0n) is 10.3. The Morgan fingerprint density at radius 2 is 2.06 bits per heavy atom. The molecule has 2 rings (SSSR count). The highest BCUT2D eigenvalue weighted by atomic mass is 19.4. The van der Waals surface area contributed by atoms with Crippen molar-refractivity contribution in [3.05, 3.63) is 23.9 Å². The molecule has 1 N–H and O–H groups in total. The van der Waals surface area contributed by atoms with Crippen molar-refractivity contribution in [1.82, 2.24) is 10.3 Å². The highest BCUT2D eigenvalue weighted by Crippen LogP contribution is 2.29. The standard InChI is InChI=1S/C12H16F3N3/c1-8-7-18(9(2)5-16-8)11-4-3-10(6-17-11)12(13,14)15/h3-4,6,8-9,16H,5,7H2,1-2H3. The Morgan fingerprint density at radius 1 is 1.33 bits per heavy atom. The van der Waals surface area contributed by atoms with Gasteiger partial charge in [-0.25, -0.2) is 4.98 Å². The molecule has 0 spiro atoms. The summed E-state index contributed by atoms with van der Waals surface area (Å²) in [5, 5.41) is 3.32. The van der Waals surface area contributed by atoms with Gasteiger partial charge in [-0.2, -0.15) is 13.2 Å². The van der Waals surface area contributed by atoms with E-state index in [1.807, 2.05) is 18.7 Å². The number of pyridine rings is 1. The molecule has 18 heavy (non-hydrogen) atoms. The Kier molecular flexibility index (Phi) is 3.47. The lowest BCUT2D eigenvalue weighted by atomic mass is 10.1. The first kappa shape index (κ1) is 13.1. The van der Waals surface area contributed by atoms with Crippen molar-refractivity contribution in [3.8, 4) is 0 Å². The molecule has 1 saturated heterocycles. The Labute approximate surface area is 104 Å². The Hall–Kier alpha value is -1.30. The quantitative estimate of drug-likeness (QED) is 0.838. The molecule has 1 aliphatic heterocycles. The van der Waals surface area contributed by atoms with Crippen LogP contribution < -0.4 is 10.2 Å². The van der Waals surface area contributed by atoms with Gasteiger partial charge < -0.3 is 10.2 Å². The molecule has 1 fully saturated rings. The summed E-state index contributed by atoms with van der Waals surface area (Å²) >= 11 is 0. The number of rotatable bonds is 1. The van der Waals surface area contributed by atoms with Gasteiger partial charge in [0, 0.05) is 31.4 Å². The first-order valence-corrected chi connectivity index (χ1v) is 5.91. The fourth-order valence-corrected chi connectivity index (χ4v) is 2.06. The molecule has 100 valence electrons. The Balaban J connectivity index is 2.18. The van der Waals surface area contributed by atoms with Crippen LogP contribution in [0, 0.1) is 0 Å². The van der Waals surface area contributed by atoms with Crippen LogP contribution in [0.2, 0.25) is 0 Å². The van der Waals surface area contributed by atoms with Crippen molar-refractivity contribution in [2.75, 3.05) is 18.0 Å². The molecule has 0 bridgehead atoms. The monoisotopic (exact) mass is 259 g/mol. The fourth-order valence-electron chi connectivity index (χ4n) is 2.06. The van der Waals surface area contributed by atoms with Crippen LogP contribution in [0.25, 0.3) is 0 Å². The molecule has 1 aromatic rings. The maximum atomic E-state index is 12.4. The van der Waals surface area contributed by atoms with E-state index in [1.165, 1.54) is 6.07 Å². The normalized spacial score (nSPS) is 25.3. The third-order valence-corrected chi connectivity index (χ3v) is 3.13. The molecule has 2 atom stereocenters. The zero-order valence-corrected chi connectivity index (χ0v) is 10.3. The van der Waals surface area contributed by atoms with E-state index in [4.69, 9.17) is 0 Å². The summed E-state index contributed by atoms with van der Waals surface area (Å²) in [4.78, 5) is 5.96. The van der Waals surface area contributed by atoms with Crippen molar-refractivity contribution < 1.29 is 13.2 Å². The summed E-state index contributed by atoms with van der Waals surface area (Å²) in [5.41, 5.74) is -0.706. The molecule has 6 heteroatoms. The van der Waals surface area contributed by atoms with E-state index < -0.39 is 11.7 Å². The van der Waals surface area contributed by atoms with Crippen molar-refractivity contribution in [2.45, 2.75) is 32.1 Å². The van der Waals surface area contributed by atoms with Crippen LogP contribution in [0.1, 0.15) is 19.4 Å². The maximum absolute atomic E-state index is 12.4. The number of hydrogen-bond acceptors (Lipinski definition) is 3. The summed E-state index contributed by atoms with van der Waals surface area (Å²) in [6, 6.07) is 3.06. The highest BCUT2D eigenvalue weighted by molar-refractivity contribution is 5.42. The molecular formula is C12H16F3N3. The smallest absolute Gasteiger partial charge is 0.351 e. The van der Waals surface area contributed by atoms with Gasteiger partial charge in [0.1, 0.15) is 5.82 Å². The summed E-state index contributed by atoms with van der Waals surface area (Å²) in [6.45, 7) is 5.63. The van der Waals surface area contributed by atoms with Crippen molar-refractivity contribution >= 4 is 5.82 Å². The number of nitrogens with one attached hydrogen (secondary N) is 1. The van der Waals surface area contributed by atoms with Gasteiger partial charge in [0.15, 0.2) is 0 Å². The van der Waals surface area contributed by atoms with Crippen LogP contribution in [0.15, 0.2) is 18.3 Å². The summed E-state index contributed by atoms with van der Waals surface area (Å²) < 4.78 is 37.3. The van der Waals surface area contributed by atoms with Crippen molar-refractivity contribution in [3.63, 3.8) is 0 Å². The molecule has 1 aliphatic rings. The topological polar surface area (TPSA) is 28.2 Å². The van der Waals surface area contributed by atoms with E-state index in [9.17, 15) is 13.2 Å². The summed E-state index contributed by atoms with van der Waals surface area (Å²) in [7, 11) is 0. The molecule has 0 saturated carbocycles. The number of piperazine rings is 1. The summed E-state index contributed by atoms with van der Waals surface area (Å²) in [6.07, 6.45) is -3.43. The SMILES string of the molecule is CC1CN(c2ccc(C(F)(F)F)cn2)C(C)CN1. The number of halogens is 3. The second-order valence-electron chi connectivity index (χ2n) is 4.71. The number of nitrogens with zero attached hydrogens (tertiary/aromatic N) is 2. The largest absolute Gasteiger partial charge is 0.417 e. The van der Waals surface area contributed by atoms with Gasteiger partial charge in [-0.15, -0.1) is 0 Å². The van der Waals surface area contributed by atoms with Gasteiger partial charge in [0.05, 0.1) is 5.56 Å². The minimum Gasteiger partial charge on any atom is -0.351 e. The average Bonchev–Trinajstić information content (AvgIpc) is 2.31. The van der Waals surface area contributed by atoms with E-state index >= 15 is 0 Å². The Bertz CT molecular complexity index is 402. The highest BCUT2D eigenvalue weighted by Gasteiger charge is 2.31. The average molecular weight is 259 g/mol. The van der Waals surface area contributed by atoms with E-state index in [-0.39, 0.29) is 6.04 Å². The van der Waals surface area contributed by atoms with Gasteiger partial charge in [0.2, 0.25) is 0 Å². The molecule has 2 heterocycles. The lowest BCUT2D eigenvalue weighted by molar-refractivity contribution is -0.137. The van der Waals surface area contributed by atoms with Crippen LogP contribution in [0.3, 0.4) is 0 Å². The van der Waals surface area contributed by atoms with Crippen LogP contribution in [0.4, 0.5) is 19.0 Å². The third kappa shape index (κ3) is 2.75. The predicted molar refractivity (Wildman–Crippen MR) is 63.5 cm³/mol.